The Balaban J connectivity index is 1.86. The molecule has 5 heteroatoms. The second kappa shape index (κ2) is 5.16. The van der Waals surface area contributed by atoms with Crippen molar-refractivity contribution in [1.29, 1.82) is 0 Å². The summed E-state index contributed by atoms with van der Waals surface area (Å²) >= 11 is 0. The number of rotatable bonds is 3. The number of aliphatic hydroxyl groups excluding tert-OH is 1. The summed E-state index contributed by atoms with van der Waals surface area (Å²) < 4.78 is 27.2. The maximum atomic E-state index is 12.3. The fourth-order valence-corrected chi connectivity index (χ4v) is 3.64. The van der Waals surface area contributed by atoms with E-state index in [9.17, 15) is 13.5 Å². The standard InChI is InChI=1S/C16H17NO3S/c1-11-2-6-16(7-3-11)21(19,20)17-14-5-4-12-9-15(18)10-13(12)8-14/h2-8,15,17-18H,9-10H2,1H3. The molecule has 2 aromatic rings. The first kappa shape index (κ1) is 14.1. The lowest BCUT2D eigenvalue weighted by atomic mass is 10.1. The summed E-state index contributed by atoms with van der Waals surface area (Å²) in [5, 5.41) is 9.64. The van der Waals surface area contributed by atoms with E-state index in [-0.39, 0.29) is 11.0 Å². The quantitative estimate of drug-likeness (QED) is 0.914. The molecule has 0 bridgehead atoms. The Morgan fingerprint density at radius 2 is 1.71 bits per heavy atom. The summed E-state index contributed by atoms with van der Waals surface area (Å²) in [4.78, 5) is 0.244. The van der Waals surface area contributed by atoms with Gasteiger partial charge in [-0.05, 0) is 55.2 Å². The molecule has 0 radical (unpaired) electrons. The minimum Gasteiger partial charge on any atom is -0.392 e. The fraction of sp³-hybridized carbons (Fsp3) is 0.250. The molecule has 0 aliphatic heterocycles. The van der Waals surface area contributed by atoms with E-state index in [1.54, 1.807) is 36.4 Å². The molecule has 0 saturated heterocycles. The number of hydrogen-bond acceptors (Lipinski definition) is 3. The number of fused-ring (bicyclic) bond motifs is 1. The zero-order valence-electron chi connectivity index (χ0n) is 11.7. The Hall–Kier alpha value is -1.85. The van der Waals surface area contributed by atoms with Crippen LogP contribution in [-0.2, 0) is 22.9 Å². The third-order valence-corrected chi connectivity index (χ3v) is 5.10. The number of benzene rings is 2. The predicted molar refractivity (Wildman–Crippen MR) is 81.8 cm³/mol. The summed E-state index contributed by atoms with van der Waals surface area (Å²) in [6, 6.07) is 12.1. The molecule has 0 aromatic heterocycles. The van der Waals surface area contributed by atoms with E-state index in [2.05, 4.69) is 4.72 Å². The summed E-state index contributed by atoms with van der Waals surface area (Å²) in [6.45, 7) is 1.91. The van der Waals surface area contributed by atoms with Crippen LogP contribution in [0.4, 0.5) is 5.69 Å². The maximum absolute atomic E-state index is 12.3. The smallest absolute Gasteiger partial charge is 0.261 e. The number of nitrogens with one attached hydrogen (secondary N) is 1. The van der Waals surface area contributed by atoms with Gasteiger partial charge in [0, 0.05) is 5.69 Å². The number of hydrogen-bond donors (Lipinski definition) is 2. The molecule has 1 unspecified atom stereocenters. The third-order valence-electron chi connectivity index (χ3n) is 3.70. The first-order chi connectivity index (χ1) is 9.94. The van der Waals surface area contributed by atoms with Gasteiger partial charge in [0.05, 0.1) is 11.0 Å². The number of aliphatic hydroxyl groups is 1. The molecule has 0 fully saturated rings. The molecule has 0 saturated carbocycles. The molecule has 0 amide bonds. The Morgan fingerprint density at radius 3 is 2.43 bits per heavy atom. The highest BCUT2D eigenvalue weighted by Crippen LogP contribution is 2.26. The topological polar surface area (TPSA) is 66.4 Å². The van der Waals surface area contributed by atoms with Crippen molar-refractivity contribution in [1.82, 2.24) is 0 Å². The van der Waals surface area contributed by atoms with Crippen LogP contribution in [0.3, 0.4) is 0 Å². The number of aryl methyl sites for hydroxylation is 1. The Kier molecular flexibility index (Phi) is 3.47. The highest BCUT2D eigenvalue weighted by Gasteiger charge is 2.20. The fourth-order valence-electron chi connectivity index (χ4n) is 2.59. The molecule has 4 nitrogen and oxygen atoms in total. The Bertz CT molecular complexity index is 767. The average molecular weight is 303 g/mol. The van der Waals surface area contributed by atoms with Crippen LogP contribution < -0.4 is 4.72 Å². The first-order valence-corrected chi connectivity index (χ1v) is 8.32. The first-order valence-electron chi connectivity index (χ1n) is 6.83. The predicted octanol–water partition coefficient (Wildman–Crippen LogP) is 2.26. The summed E-state index contributed by atoms with van der Waals surface area (Å²) in [6.07, 6.45) is 0.861. The molecule has 0 heterocycles. The normalized spacial score (nSPS) is 17.5. The highest BCUT2D eigenvalue weighted by atomic mass is 32.2. The minimum atomic E-state index is -3.57. The van der Waals surface area contributed by atoms with Crippen molar-refractivity contribution in [2.45, 2.75) is 30.8 Å². The van der Waals surface area contributed by atoms with Crippen LogP contribution in [0.2, 0.25) is 0 Å². The molecule has 2 N–H and O–H groups in total. The monoisotopic (exact) mass is 303 g/mol. The van der Waals surface area contributed by atoms with Crippen LogP contribution in [0.15, 0.2) is 47.4 Å². The van der Waals surface area contributed by atoms with Gasteiger partial charge in [-0.25, -0.2) is 8.42 Å². The third kappa shape index (κ3) is 2.94. The molecule has 1 atom stereocenters. The summed E-state index contributed by atoms with van der Waals surface area (Å²) in [7, 11) is -3.57. The van der Waals surface area contributed by atoms with Gasteiger partial charge in [-0.2, -0.15) is 0 Å². The van der Waals surface area contributed by atoms with E-state index < -0.39 is 10.0 Å². The molecule has 21 heavy (non-hydrogen) atoms. The van der Waals surface area contributed by atoms with Crippen molar-refractivity contribution < 1.29 is 13.5 Å². The van der Waals surface area contributed by atoms with E-state index in [1.807, 2.05) is 13.0 Å². The largest absolute Gasteiger partial charge is 0.392 e. The van der Waals surface area contributed by atoms with Gasteiger partial charge in [0.15, 0.2) is 0 Å². The van der Waals surface area contributed by atoms with Crippen molar-refractivity contribution in [3.05, 3.63) is 59.2 Å². The molecular formula is C16H17NO3S. The van der Waals surface area contributed by atoms with Crippen LogP contribution in [0.25, 0.3) is 0 Å². The Morgan fingerprint density at radius 1 is 1.05 bits per heavy atom. The maximum Gasteiger partial charge on any atom is 0.261 e. The van der Waals surface area contributed by atoms with Gasteiger partial charge in [-0.1, -0.05) is 23.8 Å². The average Bonchev–Trinajstić information content (AvgIpc) is 2.78. The van der Waals surface area contributed by atoms with Crippen LogP contribution in [0.5, 0.6) is 0 Å². The molecule has 2 aromatic carbocycles. The number of sulfonamides is 1. The second-order valence-electron chi connectivity index (χ2n) is 5.46. The van der Waals surface area contributed by atoms with Crippen molar-refractivity contribution in [2.75, 3.05) is 4.72 Å². The zero-order chi connectivity index (χ0) is 15.0. The van der Waals surface area contributed by atoms with E-state index in [1.165, 1.54) is 0 Å². The van der Waals surface area contributed by atoms with Crippen molar-refractivity contribution in [3.8, 4) is 0 Å². The van der Waals surface area contributed by atoms with Crippen molar-refractivity contribution >= 4 is 15.7 Å². The van der Waals surface area contributed by atoms with Gasteiger partial charge in [0.2, 0.25) is 0 Å². The van der Waals surface area contributed by atoms with Crippen LogP contribution in [-0.4, -0.2) is 19.6 Å². The van der Waals surface area contributed by atoms with Crippen LogP contribution in [0.1, 0.15) is 16.7 Å². The second-order valence-corrected chi connectivity index (χ2v) is 7.15. The van der Waals surface area contributed by atoms with E-state index in [0.717, 1.165) is 16.7 Å². The molecule has 110 valence electrons. The highest BCUT2D eigenvalue weighted by molar-refractivity contribution is 7.92. The molecular weight excluding hydrogens is 286 g/mol. The van der Waals surface area contributed by atoms with Crippen molar-refractivity contribution in [2.24, 2.45) is 0 Å². The van der Waals surface area contributed by atoms with Gasteiger partial charge in [-0.15, -0.1) is 0 Å². The van der Waals surface area contributed by atoms with Crippen molar-refractivity contribution in [3.63, 3.8) is 0 Å². The number of anilines is 1. The van der Waals surface area contributed by atoms with E-state index >= 15 is 0 Å². The SMILES string of the molecule is Cc1ccc(S(=O)(=O)Nc2ccc3c(c2)CC(O)C3)cc1. The van der Waals surface area contributed by atoms with Gasteiger partial charge in [0.25, 0.3) is 10.0 Å². The van der Waals surface area contributed by atoms with Gasteiger partial charge in [0.1, 0.15) is 0 Å². The summed E-state index contributed by atoms with van der Waals surface area (Å²) in [5.74, 6) is 0. The zero-order valence-corrected chi connectivity index (χ0v) is 12.5. The lowest BCUT2D eigenvalue weighted by molar-refractivity contribution is 0.187. The van der Waals surface area contributed by atoms with Crippen LogP contribution in [0, 0.1) is 6.92 Å². The van der Waals surface area contributed by atoms with E-state index in [0.29, 0.717) is 18.5 Å². The van der Waals surface area contributed by atoms with E-state index in [4.69, 9.17) is 0 Å². The van der Waals surface area contributed by atoms with Gasteiger partial charge >= 0.3 is 0 Å². The van der Waals surface area contributed by atoms with Gasteiger partial charge < -0.3 is 5.11 Å². The lowest BCUT2D eigenvalue weighted by Gasteiger charge is -2.10. The van der Waals surface area contributed by atoms with Crippen LogP contribution >= 0.6 is 0 Å². The molecule has 1 aliphatic carbocycles. The van der Waals surface area contributed by atoms with Gasteiger partial charge in [-0.3, -0.25) is 4.72 Å². The Labute approximate surface area is 124 Å². The lowest BCUT2D eigenvalue weighted by Crippen LogP contribution is -2.13. The molecule has 0 spiro atoms. The molecule has 1 aliphatic rings. The molecule has 3 rings (SSSR count). The minimum absolute atomic E-state index is 0.244. The summed E-state index contributed by atoms with van der Waals surface area (Å²) in [5.41, 5.74) is 3.64.